The van der Waals surface area contributed by atoms with Gasteiger partial charge in [0.1, 0.15) is 5.41 Å². The van der Waals surface area contributed by atoms with E-state index in [0.717, 1.165) is 16.7 Å². The summed E-state index contributed by atoms with van der Waals surface area (Å²) >= 11 is 0. The first-order valence-corrected chi connectivity index (χ1v) is 8.23. The van der Waals surface area contributed by atoms with Gasteiger partial charge in [0.2, 0.25) is 0 Å². The number of esters is 1. The lowest BCUT2D eigenvalue weighted by Crippen LogP contribution is -2.42. The van der Waals surface area contributed by atoms with Gasteiger partial charge in [-0.25, -0.2) is 0 Å². The van der Waals surface area contributed by atoms with Gasteiger partial charge in [-0.1, -0.05) is 54.6 Å². The molecule has 3 rings (SSSR count). The van der Waals surface area contributed by atoms with E-state index >= 15 is 0 Å². The molecule has 3 nitrogen and oxygen atoms in total. The Labute approximate surface area is 142 Å². The number of rotatable bonds is 2. The van der Waals surface area contributed by atoms with E-state index in [-0.39, 0.29) is 11.7 Å². The highest BCUT2D eigenvalue weighted by Crippen LogP contribution is 2.47. The van der Waals surface area contributed by atoms with Crippen molar-refractivity contribution >= 4 is 11.8 Å². The number of ether oxygens (including phenoxy) is 1. The van der Waals surface area contributed by atoms with Crippen molar-refractivity contribution < 1.29 is 14.3 Å². The van der Waals surface area contributed by atoms with E-state index in [4.69, 9.17) is 4.74 Å². The highest BCUT2D eigenvalue weighted by Gasteiger charge is 2.51. The van der Waals surface area contributed by atoms with Crippen molar-refractivity contribution in [1.29, 1.82) is 0 Å². The van der Waals surface area contributed by atoms with Gasteiger partial charge in [0.15, 0.2) is 5.78 Å². The van der Waals surface area contributed by atoms with Gasteiger partial charge >= 0.3 is 5.97 Å². The minimum absolute atomic E-state index is 0.0345. The van der Waals surface area contributed by atoms with Crippen molar-refractivity contribution in [3.05, 3.63) is 71.3 Å². The highest BCUT2D eigenvalue weighted by atomic mass is 16.5. The predicted octanol–water partition coefficient (Wildman–Crippen LogP) is 3.83. The lowest BCUT2D eigenvalue weighted by Gasteiger charge is -2.33. The zero-order valence-electron chi connectivity index (χ0n) is 14.2. The molecule has 2 atom stereocenters. The van der Waals surface area contributed by atoms with Crippen molar-refractivity contribution in [2.24, 2.45) is 5.92 Å². The van der Waals surface area contributed by atoms with Gasteiger partial charge in [0.05, 0.1) is 7.11 Å². The third kappa shape index (κ3) is 2.44. The lowest BCUT2D eigenvalue weighted by atomic mass is 9.68. The molecule has 0 amide bonds. The Bertz CT molecular complexity index is 769. The van der Waals surface area contributed by atoms with Crippen LogP contribution in [0.25, 0.3) is 0 Å². The molecule has 2 aliphatic carbocycles. The SMILES string of the molecule is C=C1C[C@@H]2CC=CC=C(C2=O)[C@@](C(=O)OC)(c2ccccc2C)C1. The molecule has 0 aromatic heterocycles. The van der Waals surface area contributed by atoms with Crippen LogP contribution >= 0.6 is 0 Å². The molecule has 124 valence electrons. The van der Waals surface area contributed by atoms with E-state index in [1.54, 1.807) is 6.08 Å². The van der Waals surface area contributed by atoms with E-state index in [9.17, 15) is 9.59 Å². The molecule has 24 heavy (non-hydrogen) atoms. The van der Waals surface area contributed by atoms with Crippen LogP contribution in [0.5, 0.6) is 0 Å². The van der Waals surface area contributed by atoms with Crippen LogP contribution in [-0.2, 0) is 19.7 Å². The Hall–Kier alpha value is -2.42. The maximum atomic E-state index is 13.2. The maximum Gasteiger partial charge on any atom is 0.321 e. The lowest BCUT2D eigenvalue weighted by molar-refractivity contribution is -0.146. The maximum absolute atomic E-state index is 13.2. The van der Waals surface area contributed by atoms with E-state index in [1.165, 1.54) is 7.11 Å². The zero-order chi connectivity index (χ0) is 17.3. The summed E-state index contributed by atoms with van der Waals surface area (Å²) in [6, 6.07) is 7.71. The molecular weight excluding hydrogens is 300 g/mol. The van der Waals surface area contributed by atoms with Crippen LogP contribution in [0.1, 0.15) is 30.4 Å². The number of methoxy groups -OCH3 is 1. The Morgan fingerprint density at radius 1 is 1.33 bits per heavy atom. The molecule has 0 heterocycles. The van der Waals surface area contributed by atoms with Gasteiger partial charge < -0.3 is 4.74 Å². The molecule has 1 aromatic carbocycles. The topological polar surface area (TPSA) is 43.4 Å². The van der Waals surface area contributed by atoms with Gasteiger partial charge in [0, 0.05) is 11.5 Å². The standard InChI is InChI=1S/C21H22O3/c1-14-12-16-9-5-7-11-18(19(16)22)21(13-14,20(23)24-3)17-10-6-4-8-15(17)2/h4-8,10-11,16H,1,9,12-13H2,2-3H3/t16-,21-/m0/s1. The number of aryl methyl sites for hydroxylation is 1. The minimum Gasteiger partial charge on any atom is -0.468 e. The summed E-state index contributed by atoms with van der Waals surface area (Å²) in [5.41, 5.74) is 2.13. The Morgan fingerprint density at radius 2 is 2.08 bits per heavy atom. The molecule has 1 aromatic rings. The molecule has 0 unspecified atom stereocenters. The molecule has 0 aliphatic heterocycles. The van der Waals surface area contributed by atoms with Gasteiger partial charge in [-0.3, -0.25) is 9.59 Å². The monoisotopic (exact) mass is 322 g/mol. The molecule has 3 heteroatoms. The van der Waals surface area contributed by atoms with E-state index in [1.807, 2.05) is 43.3 Å². The fourth-order valence-electron chi connectivity index (χ4n) is 3.99. The predicted molar refractivity (Wildman–Crippen MR) is 93.6 cm³/mol. The van der Waals surface area contributed by atoms with Gasteiger partial charge in [-0.15, -0.1) is 0 Å². The smallest absolute Gasteiger partial charge is 0.321 e. The highest BCUT2D eigenvalue weighted by molar-refractivity contribution is 6.08. The summed E-state index contributed by atoms with van der Waals surface area (Å²) in [4.78, 5) is 26.2. The minimum atomic E-state index is -1.11. The molecule has 2 aliphatic rings. The molecule has 1 fully saturated rings. The first-order valence-electron chi connectivity index (χ1n) is 8.23. The number of hydrogen-bond acceptors (Lipinski definition) is 3. The van der Waals surface area contributed by atoms with Crippen LogP contribution in [0.3, 0.4) is 0 Å². The molecule has 0 spiro atoms. The number of hydrogen-bond donors (Lipinski definition) is 0. The van der Waals surface area contributed by atoms with Crippen molar-refractivity contribution in [3.63, 3.8) is 0 Å². The summed E-state index contributed by atoms with van der Waals surface area (Å²) in [7, 11) is 1.38. The van der Waals surface area contributed by atoms with Gasteiger partial charge in [0.25, 0.3) is 0 Å². The molecule has 1 saturated carbocycles. The summed E-state index contributed by atoms with van der Waals surface area (Å²) in [5.74, 6) is -0.501. The summed E-state index contributed by atoms with van der Waals surface area (Å²) in [5, 5.41) is 0. The first kappa shape index (κ1) is 16.4. The number of Topliss-reactive ketones (excluding diaryl/α,β-unsaturated/α-hetero) is 1. The van der Waals surface area contributed by atoms with Gasteiger partial charge in [-0.2, -0.15) is 0 Å². The van der Waals surface area contributed by atoms with Crippen molar-refractivity contribution in [2.45, 2.75) is 31.6 Å². The number of ketones is 1. The normalized spacial score (nSPS) is 26.4. The van der Waals surface area contributed by atoms with E-state index < -0.39 is 11.4 Å². The number of carbonyl (C=O) groups is 2. The Kier molecular flexibility index (Phi) is 4.27. The number of allylic oxidation sites excluding steroid dienone is 4. The quantitative estimate of drug-likeness (QED) is 0.614. The first-order chi connectivity index (χ1) is 11.5. The molecule has 0 saturated heterocycles. The molecule has 0 N–H and O–H groups in total. The second-order valence-electron chi connectivity index (χ2n) is 6.65. The van der Waals surface area contributed by atoms with Crippen LogP contribution in [-0.4, -0.2) is 18.9 Å². The molecular formula is C21H22O3. The Balaban J connectivity index is 2.34. The number of carbonyl (C=O) groups excluding carboxylic acids is 2. The zero-order valence-corrected chi connectivity index (χ0v) is 14.2. The van der Waals surface area contributed by atoms with Crippen molar-refractivity contribution in [3.8, 4) is 0 Å². The van der Waals surface area contributed by atoms with E-state index in [2.05, 4.69) is 6.58 Å². The fraction of sp³-hybridized carbons (Fsp3) is 0.333. The van der Waals surface area contributed by atoms with Gasteiger partial charge in [-0.05, 0) is 37.3 Å². The third-order valence-corrected chi connectivity index (χ3v) is 5.10. The average Bonchev–Trinajstić information content (AvgIpc) is 2.81. The number of fused-ring (bicyclic) bond motifs is 2. The molecule has 0 radical (unpaired) electrons. The molecule has 2 bridgehead atoms. The largest absolute Gasteiger partial charge is 0.468 e. The number of benzene rings is 1. The summed E-state index contributed by atoms with van der Waals surface area (Å²) < 4.78 is 5.19. The summed E-state index contributed by atoms with van der Waals surface area (Å²) in [6.07, 6.45) is 7.39. The van der Waals surface area contributed by atoms with Crippen LogP contribution < -0.4 is 0 Å². The van der Waals surface area contributed by atoms with Crippen LogP contribution in [0, 0.1) is 12.8 Å². The summed E-state index contributed by atoms with van der Waals surface area (Å²) in [6.45, 7) is 6.12. The fourth-order valence-corrected chi connectivity index (χ4v) is 3.99. The van der Waals surface area contributed by atoms with E-state index in [0.29, 0.717) is 24.8 Å². The second-order valence-corrected chi connectivity index (χ2v) is 6.65. The third-order valence-electron chi connectivity index (χ3n) is 5.10. The average molecular weight is 322 g/mol. The van der Waals surface area contributed by atoms with Crippen molar-refractivity contribution in [2.75, 3.05) is 7.11 Å². The van der Waals surface area contributed by atoms with Crippen LogP contribution in [0.15, 0.2) is 60.2 Å². The van der Waals surface area contributed by atoms with Crippen molar-refractivity contribution in [1.82, 2.24) is 0 Å². The Morgan fingerprint density at radius 3 is 2.79 bits per heavy atom. The van der Waals surface area contributed by atoms with Crippen LogP contribution in [0.2, 0.25) is 0 Å². The van der Waals surface area contributed by atoms with Crippen LogP contribution in [0.4, 0.5) is 0 Å². The second kappa shape index (κ2) is 6.23.